The van der Waals surface area contributed by atoms with Gasteiger partial charge in [-0.3, -0.25) is 9.69 Å². The van der Waals surface area contributed by atoms with Crippen molar-refractivity contribution in [1.29, 1.82) is 0 Å². The number of rotatable bonds is 4. The molecular weight excluding hydrogens is 304 g/mol. The average molecular weight is 330 g/mol. The molecule has 1 aromatic rings. The molecule has 6 heteroatoms. The molecule has 0 spiro atoms. The van der Waals surface area contributed by atoms with Gasteiger partial charge in [-0.05, 0) is 19.3 Å². The molecule has 2 saturated heterocycles. The van der Waals surface area contributed by atoms with Crippen molar-refractivity contribution >= 4 is 5.91 Å². The Morgan fingerprint density at radius 3 is 3.04 bits per heavy atom. The van der Waals surface area contributed by atoms with Gasteiger partial charge < -0.3 is 14.6 Å². The summed E-state index contributed by atoms with van der Waals surface area (Å²) in [5.41, 5.74) is 0.893. The highest BCUT2D eigenvalue weighted by Crippen LogP contribution is 2.43. The molecule has 6 nitrogen and oxygen atoms in total. The van der Waals surface area contributed by atoms with Crippen molar-refractivity contribution in [1.82, 2.24) is 19.8 Å². The second-order valence-electron chi connectivity index (χ2n) is 7.46. The van der Waals surface area contributed by atoms with Crippen LogP contribution in [0.5, 0.6) is 0 Å². The van der Waals surface area contributed by atoms with Gasteiger partial charge in [-0.15, -0.1) is 0 Å². The van der Waals surface area contributed by atoms with Gasteiger partial charge in [0.2, 0.25) is 5.91 Å². The largest absolute Gasteiger partial charge is 0.381 e. The fraction of sp³-hybridized carbons (Fsp3) is 0.667. The zero-order valence-electron chi connectivity index (χ0n) is 14.3. The highest BCUT2D eigenvalue weighted by molar-refractivity contribution is 5.84. The lowest BCUT2D eigenvalue weighted by molar-refractivity contribution is -0.140. The predicted octanol–water partition coefficient (Wildman–Crippen LogP) is 1.09. The van der Waals surface area contributed by atoms with E-state index in [1.165, 1.54) is 5.69 Å². The van der Waals surface area contributed by atoms with Crippen molar-refractivity contribution in [3.8, 4) is 0 Å². The third-order valence-corrected chi connectivity index (χ3v) is 5.87. The lowest BCUT2D eigenvalue weighted by atomic mass is 9.73. The third kappa shape index (κ3) is 2.78. The van der Waals surface area contributed by atoms with Crippen molar-refractivity contribution in [3.63, 3.8) is 0 Å². The Bertz CT molecular complexity index is 633. The van der Waals surface area contributed by atoms with Crippen molar-refractivity contribution in [2.75, 3.05) is 26.3 Å². The number of carbonyl (C=O) groups is 1. The van der Waals surface area contributed by atoms with Gasteiger partial charge in [0, 0.05) is 51.4 Å². The second-order valence-corrected chi connectivity index (χ2v) is 7.46. The third-order valence-electron chi connectivity index (χ3n) is 5.87. The van der Waals surface area contributed by atoms with Crippen molar-refractivity contribution in [2.24, 2.45) is 18.4 Å². The lowest BCUT2D eigenvalue weighted by Gasteiger charge is -2.37. The number of likely N-dealkylation sites (tertiary alicyclic amines) is 1. The first-order chi connectivity index (χ1) is 11.7. The van der Waals surface area contributed by atoms with Crippen LogP contribution in [0.1, 0.15) is 25.0 Å². The number of imidazole rings is 1. The molecule has 2 aliphatic heterocycles. The topological polar surface area (TPSA) is 59.4 Å². The Morgan fingerprint density at radius 2 is 2.29 bits per heavy atom. The molecule has 2 unspecified atom stereocenters. The lowest BCUT2D eigenvalue weighted by Crippen LogP contribution is -2.52. The molecule has 4 rings (SSSR count). The Balaban J connectivity index is 1.48. The molecule has 3 heterocycles. The summed E-state index contributed by atoms with van der Waals surface area (Å²) in [6.07, 6.45) is 10.8. The van der Waals surface area contributed by atoms with Crippen LogP contribution in [0.3, 0.4) is 0 Å². The molecule has 24 heavy (non-hydrogen) atoms. The van der Waals surface area contributed by atoms with E-state index in [4.69, 9.17) is 4.74 Å². The molecule has 1 aliphatic carbocycles. The number of amides is 1. The second kappa shape index (κ2) is 6.33. The fourth-order valence-corrected chi connectivity index (χ4v) is 4.38. The van der Waals surface area contributed by atoms with Crippen LogP contribution in [0, 0.1) is 11.3 Å². The van der Waals surface area contributed by atoms with Gasteiger partial charge in [-0.1, -0.05) is 12.2 Å². The standard InChI is InChI=1S/C18H26N4O2/c1-21-13-19-8-16(21)10-22-9-14-11-24-7-6-18(14,12-22)17(23)20-15-4-2-3-5-15/h2-3,8,13-15H,4-7,9-12H2,1H3,(H,20,23). The van der Waals surface area contributed by atoms with Crippen LogP contribution in [-0.2, 0) is 23.1 Å². The van der Waals surface area contributed by atoms with Gasteiger partial charge in [-0.25, -0.2) is 4.98 Å². The molecular formula is C18H26N4O2. The smallest absolute Gasteiger partial charge is 0.228 e. The van der Waals surface area contributed by atoms with Crippen molar-refractivity contribution in [3.05, 3.63) is 30.4 Å². The maximum Gasteiger partial charge on any atom is 0.228 e. The number of nitrogens with one attached hydrogen (secondary N) is 1. The summed E-state index contributed by atoms with van der Waals surface area (Å²) < 4.78 is 7.75. The molecule has 1 N–H and O–H groups in total. The Labute approximate surface area is 142 Å². The number of hydrogen-bond donors (Lipinski definition) is 1. The van der Waals surface area contributed by atoms with E-state index in [1.54, 1.807) is 0 Å². The number of fused-ring (bicyclic) bond motifs is 1. The zero-order valence-corrected chi connectivity index (χ0v) is 14.3. The zero-order chi connectivity index (χ0) is 16.6. The van der Waals surface area contributed by atoms with Gasteiger partial charge in [0.05, 0.1) is 24.0 Å². The fourth-order valence-electron chi connectivity index (χ4n) is 4.38. The molecule has 3 aliphatic rings. The summed E-state index contributed by atoms with van der Waals surface area (Å²) in [6.45, 7) is 3.96. The summed E-state index contributed by atoms with van der Waals surface area (Å²) in [6, 6.07) is 0.279. The molecule has 1 amide bonds. The minimum atomic E-state index is -0.292. The van der Waals surface area contributed by atoms with Crippen LogP contribution in [0.25, 0.3) is 0 Å². The molecule has 130 valence electrons. The molecule has 1 aromatic heterocycles. The van der Waals surface area contributed by atoms with E-state index in [2.05, 4.69) is 31.9 Å². The monoisotopic (exact) mass is 330 g/mol. The van der Waals surface area contributed by atoms with Gasteiger partial charge in [0.25, 0.3) is 0 Å². The summed E-state index contributed by atoms with van der Waals surface area (Å²) in [5.74, 6) is 0.519. The molecule has 0 radical (unpaired) electrons. The SMILES string of the molecule is Cn1cncc1CN1CC2COCCC2(C(=O)NC2CC=CC2)C1. The number of aryl methyl sites for hydroxylation is 1. The molecule has 0 bridgehead atoms. The molecule has 0 saturated carbocycles. The number of hydrogen-bond acceptors (Lipinski definition) is 4. The van der Waals surface area contributed by atoms with E-state index in [0.717, 1.165) is 38.9 Å². The Morgan fingerprint density at radius 1 is 1.46 bits per heavy atom. The van der Waals surface area contributed by atoms with E-state index >= 15 is 0 Å². The highest BCUT2D eigenvalue weighted by atomic mass is 16.5. The number of carbonyl (C=O) groups excluding carboxylic acids is 1. The minimum Gasteiger partial charge on any atom is -0.381 e. The van der Waals surface area contributed by atoms with E-state index in [1.807, 2.05) is 19.6 Å². The quantitative estimate of drug-likeness (QED) is 0.840. The maximum atomic E-state index is 13.1. The predicted molar refractivity (Wildman–Crippen MR) is 90.1 cm³/mol. The van der Waals surface area contributed by atoms with Gasteiger partial charge in [0.1, 0.15) is 0 Å². The normalized spacial score (nSPS) is 30.6. The number of ether oxygens (including phenoxy) is 1. The first-order valence-corrected chi connectivity index (χ1v) is 8.89. The van der Waals surface area contributed by atoms with E-state index in [0.29, 0.717) is 13.2 Å². The van der Waals surface area contributed by atoms with E-state index in [9.17, 15) is 4.79 Å². The van der Waals surface area contributed by atoms with Crippen LogP contribution in [-0.4, -0.2) is 52.7 Å². The molecule has 0 aromatic carbocycles. The minimum absolute atomic E-state index is 0.233. The van der Waals surface area contributed by atoms with E-state index < -0.39 is 0 Å². The van der Waals surface area contributed by atoms with Gasteiger partial charge in [-0.2, -0.15) is 0 Å². The summed E-state index contributed by atoms with van der Waals surface area (Å²) in [7, 11) is 2.02. The van der Waals surface area contributed by atoms with Gasteiger partial charge in [0.15, 0.2) is 0 Å². The maximum absolute atomic E-state index is 13.1. The Kier molecular flexibility index (Phi) is 4.18. The number of aromatic nitrogens is 2. The molecule has 2 fully saturated rings. The van der Waals surface area contributed by atoms with Gasteiger partial charge >= 0.3 is 0 Å². The van der Waals surface area contributed by atoms with Crippen molar-refractivity contribution < 1.29 is 9.53 Å². The average Bonchev–Trinajstić information content (AvgIpc) is 3.28. The number of nitrogens with zero attached hydrogens (tertiary/aromatic N) is 3. The van der Waals surface area contributed by atoms with Crippen LogP contribution < -0.4 is 5.32 Å². The highest BCUT2D eigenvalue weighted by Gasteiger charge is 2.53. The molecule has 2 atom stereocenters. The van der Waals surface area contributed by atoms with Crippen LogP contribution in [0.4, 0.5) is 0 Å². The van der Waals surface area contributed by atoms with E-state index in [-0.39, 0.29) is 23.3 Å². The summed E-state index contributed by atoms with van der Waals surface area (Å²) >= 11 is 0. The first kappa shape index (κ1) is 15.8. The van der Waals surface area contributed by atoms with Crippen LogP contribution in [0.15, 0.2) is 24.7 Å². The summed E-state index contributed by atoms with van der Waals surface area (Å²) in [4.78, 5) is 19.7. The van der Waals surface area contributed by atoms with Crippen LogP contribution in [0.2, 0.25) is 0 Å². The van der Waals surface area contributed by atoms with Crippen molar-refractivity contribution in [2.45, 2.75) is 31.8 Å². The first-order valence-electron chi connectivity index (χ1n) is 8.89. The Hall–Kier alpha value is -1.66. The summed E-state index contributed by atoms with van der Waals surface area (Å²) in [5, 5.41) is 3.30. The van der Waals surface area contributed by atoms with Crippen LogP contribution >= 0.6 is 0 Å².